The average Bonchev–Trinajstić information content (AvgIpc) is 1.89. The SMILES string of the molecule is C[NH2+]CCOCC[NH2+]C. The average molecular weight is 134 g/mol. The maximum absolute atomic E-state index is 5.25. The molecular formula is C6H18N2O+2. The lowest BCUT2D eigenvalue weighted by atomic mass is 10.6. The summed E-state index contributed by atoms with van der Waals surface area (Å²) in [6.07, 6.45) is 0. The molecule has 4 N–H and O–H groups in total. The highest BCUT2D eigenvalue weighted by Crippen LogP contribution is 1.64. The first-order valence-electron chi connectivity index (χ1n) is 3.55. The molecule has 0 saturated heterocycles. The van der Waals surface area contributed by atoms with Crippen LogP contribution in [0.3, 0.4) is 0 Å². The Morgan fingerprint density at radius 2 is 1.44 bits per heavy atom. The predicted octanol–water partition coefficient (Wildman–Crippen LogP) is -2.61. The van der Waals surface area contributed by atoms with Crippen LogP contribution in [0.25, 0.3) is 0 Å². The molecule has 0 aromatic heterocycles. The van der Waals surface area contributed by atoms with E-state index >= 15 is 0 Å². The summed E-state index contributed by atoms with van der Waals surface area (Å²) in [5.74, 6) is 0. The number of hydrogen-bond donors (Lipinski definition) is 2. The maximum atomic E-state index is 5.25. The van der Waals surface area contributed by atoms with Crippen molar-refractivity contribution in [1.82, 2.24) is 0 Å². The Hall–Kier alpha value is -0.120. The van der Waals surface area contributed by atoms with Gasteiger partial charge in [-0.15, -0.1) is 0 Å². The van der Waals surface area contributed by atoms with E-state index in [1.165, 1.54) is 0 Å². The molecule has 3 heteroatoms. The monoisotopic (exact) mass is 134 g/mol. The van der Waals surface area contributed by atoms with Crippen LogP contribution in [0.15, 0.2) is 0 Å². The zero-order valence-corrected chi connectivity index (χ0v) is 6.39. The Kier molecular flexibility index (Phi) is 7.77. The van der Waals surface area contributed by atoms with Gasteiger partial charge in [0.15, 0.2) is 0 Å². The zero-order chi connectivity index (χ0) is 6.95. The lowest BCUT2D eigenvalue weighted by Gasteiger charge is -1.98. The van der Waals surface area contributed by atoms with Crippen molar-refractivity contribution in [3.63, 3.8) is 0 Å². The van der Waals surface area contributed by atoms with Gasteiger partial charge in [-0.2, -0.15) is 0 Å². The summed E-state index contributed by atoms with van der Waals surface area (Å²) in [4.78, 5) is 0. The van der Waals surface area contributed by atoms with Gasteiger partial charge in [-0.3, -0.25) is 0 Å². The van der Waals surface area contributed by atoms with Crippen LogP contribution in [-0.2, 0) is 4.74 Å². The van der Waals surface area contributed by atoms with Gasteiger partial charge in [0, 0.05) is 0 Å². The normalized spacial score (nSPS) is 10.0. The Labute approximate surface area is 56.8 Å². The van der Waals surface area contributed by atoms with Gasteiger partial charge >= 0.3 is 0 Å². The van der Waals surface area contributed by atoms with Crippen LogP contribution in [0, 0.1) is 0 Å². The first kappa shape index (κ1) is 8.88. The molecule has 0 bridgehead atoms. The van der Waals surface area contributed by atoms with E-state index in [-0.39, 0.29) is 0 Å². The molecular weight excluding hydrogens is 116 g/mol. The van der Waals surface area contributed by atoms with Crippen molar-refractivity contribution in [2.45, 2.75) is 0 Å². The highest BCUT2D eigenvalue weighted by molar-refractivity contribution is 4.23. The summed E-state index contributed by atoms with van der Waals surface area (Å²) >= 11 is 0. The Bertz CT molecular complexity index is 44.3. The van der Waals surface area contributed by atoms with E-state index in [2.05, 4.69) is 24.7 Å². The minimum absolute atomic E-state index is 0.879. The van der Waals surface area contributed by atoms with Crippen LogP contribution in [0.1, 0.15) is 0 Å². The molecule has 0 fully saturated rings. The van der Waals surface area contributed by atoms with Crippen LogP contribution in [0.4, 0.5) is 0 Å². The Morgan fingerprint density at radius 3 is 1.78 bits per heavy atom. The fraction of sp³-hybridized carbons (Fsp3) is 1.00. The predicted molar refractivity (Wildman–Crippen MR) is 36.3 cm³/mol. The number of ether oxygens (including phenoxy) is 1. The molecule has 0 heterocycles. The van der Waals surface area contributed by atoms with E-state index in [4.69, 9.17) is 4.74 Å². The molecule has 0 radical (unpaired) electrons. The molecule has 56 valence electrons. The highest BCUT2D eigenvalue weighted by atomic mass is 16.5. The number of nitrogens with two attached hydrogens (primary N) is 2. The molecule has 0 amide bonds. The quantitative estimate of drug-likeness (QED) is 0.384. The van der Waals surface area contributed by atoms with Gasteiger partial charge in [0.25, 0.3) is 0 Å². The molecule has 0 aliphatic carbocycles. The van der Waals surface area contributed by atoms with Crippen molar-refractivity contribution in [1.29, 1.82) is 0 Å². The van der Waals surface area contributed by atoms with E-state index in [1.54, 1.807) is 0 Å². The lowest BCUT2D eigenvalue weighted by molar-refractivity contribution is -0.635. The zero-order valence-electron chi connectivity index (χ0n) is 6.39. The number of quaternary nitrogens is 2. The van der Waals surface area contributed by atoms with E-state index in [9.17, 15) is 0 Å². The van der Waals surface area contributed by atoms with Gasteiger partial charge in [-0.05, 0) is 0 Å². The largest absolute Gasteiger partial charge is 0.370 e. The first-order chi connectivity index (χ1) is 4.41. The van der Waals surface area contributed by atoms with Crippen molar-refractivity contribution in [3.8, 4) is 0 Å². The highest BCUT2D eigenvalue weighted by Gasteiger charge is 1.86. The van der Waals surface area contributed by atoms with Crippen LogP contribution in [-0.4, -0.2) is 40.4 Å². The van der Waals surface area contributed by atoms with Crippen LogP contribution >= 0.6 is 0 Å². The van der Waals surface area contributed by atoms with Crippen LogP contribution < -0.4 is 10.6 Å². The summed E-state index contributed by atoms with van der Waals surface area (Å²) in [6, 6.07) is 0. The Morgan fingerprint density at radius 1 is 1.00 bits per heavy atom. The fourth-order valence-corrected chi connectivity index (χ4v) is 0.504. The third kappa shape index (κ3) is 7.88. The molecule has 0 rings (SSSR count). The number of hydrogen-bond acceptors (Lipinski definition) is 1. The molecule has 0 spiro atoms. The molecule has 0 aromatic rings. The van der Waals surface area contributed by atoms with E-state index in [0.717, 1.165) is 26.3 Å². The third-order valence-electron chi connectivity index (χ3n) is 1.10. The number of likely N-dealkylation sites (N-methyl/N-ethyl adjacent to an activating group) is 2. The van der Waals surface area contributed by atoms with Gasteiger partial charge in [-0.1, -0.05) is 0 Å². The van der Waals surface area contributed by atoms with Crippen molar-refractivity contribution < 1.29 is 15.4 Å². The number of rotatable bonds is 6. The van der Waals surface area contributed by atoms with E-state index in [1.807, 2.05) is 0 Å². The summed E-state index contributed by atoms with van der Waals surface area (Å²) in [7, 11) is 4.10. The maximum Gasteiger partial charge on any atom is 0.0991 e. The fourth-order valence-electron chi connectivity index (χ4n) is 0.504. The summed E-state index contributed by atoms with van der Waals surface area (Å²) in [5.41, 5.74) is 0. The first-order valence-corrected chi connectivity index (χ1v) is 3.55. The molecule has 0 unspecified atom stereocenters. The van der Waals surface area contributed by atoms with E-state index in [0.29, 0.717) is 0 Å². The van der Waals surface area contributed by atoms with Crippen molar-refractivity contribution >= 4 is 0 Å². The van der Waals surface area contributed by atoms with E-state index < -0.39 is 0 Å². The summed E-state index contributed by atoms with van der Waals surface area (Å²) in [6.45, 7) is 3.90. The molecule has 0 aromatic carbocycles. The molecule has 0 aliphatic heterocycles. The van der Waals surface area contributed by atoms with Crippen molar-refractivity contribution in [3.05, 3.63) is 0 Å². The van der Waals surface area contributed by atoms with Crippen molar-refractivity contribution in [2.75, 3.05) is 40.4 Å². The van der Waals surface area contributed by atoms with Crippen molar-refractivity contribution in [2.24, 2.45) is 0 Å². The van der Waals surface area contributed by atoms with Crippen LogP contribution in [0.5, 0.6) is 0 Å². The van der Waals surface area contributed by atoms with Gasteiger partial charge in [0.2, 0.25) is 0 Å². The van der Waals surface area contributed by atoms with Gasteiger partial charge in [0.05, 0.1) is 40.4 Å². The van der Waals surface area contributed by atoms with Gasteiger partial charge in [0.1, 0.15) is 0 Å². The van der Waals surface area contributed by atoms with Crippen LogP contribution in [0.2, 0.25) is 0 Å². The van der Waals surface area contributed by atoms with Gasteiger partial charge in [-0.25, -0.2) is 0 Å². The Balaban J connectivity index is 2.60. The summed E-state index contributed by atoms with van der Waals surface area (Å²) in [5, 5.41) is 4.24. The summed E-state index contributed by atoms with van der Waals surface area (Å²) < 4.78 is 5.25. The van der Waals surface area contributed by atoms with Gasteiger partial charge < -0.3 is 15.4 Å². The second kappa shape index (κ2) is 7.88. The topological polar surface area (TPSA) is 42.5 Å². The molecule has 0 aliphatic rings. The minimum atomic E-state index is 0.879. The molecule has 3 nitrogen and oxygen atoms in total. The second-order valence-electron chi connectivity index (χ2n) is 2.01. The molecule has 9 heavy (non-hydrogen) atoms. The standard InChI is InChI=1S/C6H16N2O/c1-7-3-5-9-6-4-8-2/h7-8H,3-6H2,1-2H3/p+2. The minimum Gasteiger partial charge on any atom is -0.370 e. The molecule has 0 atom stereocenters. The molecule has 0 saturated carbocycles. The third-order valence-corrected chi connectivity index (χ3v) is 1.10. The smallest absolute Gasteiger partial charge is 0.0991 e. The lowest BCUT2D eigenvalue weighted by Crippen LogP contribution is -2.81. The second-order valence-corrected chi connectivity index (χ2v) is 2.01.